The predicted octanol–water partition coefficient (Wildman–Crippen LogP) is 4.56. The van der Waals surface area contributed by atoms with Crippen molar-refractivity contribution in [1.82, 2.24) is 0 Å². The van der Waals surface area contributed by atoms with E-state index in [0.29, 0.717) is 27.2 Å². The van der Waals surface area contributed by atoms with E-state index in [1.807, 2.05) is 0 Å². The van der Waals surface area contributed by atoms with Gasteiger partial charge in [-0.1, -0.05) is 29.3 Å². The van der Waals surface area contributed by atoms with Gasteiger partial charge in [0.2, 0.25) is 0 Å². The second kappa shape index (κ2) is 7.15. The van der Waals surface area contributed by atoms with Gasteiger partial charge in [-0.15, -0.1) is 0 Å². The van der Waals surface area contributed by atoms with Gasteiger partial charge in [0.15, 0.2) is 0 Å². The van der Waals surface area contributed by atoms with Gasteiger partial charge in [0, 0.05) is 24.4 Å². The molecule has 0 saturated carbocycles. The number of carbonyl (C=O) groups excluding carboxylic acids is 2. The van der Waals surface area contributed by atoms with Crippen LogP contribution in [0.15, 0.2) is 42.5 Å². The minimum Gasteiger partial charge on any atom is -0.427 e. The summed E-state index contributed by atoms with van der Waals surface area (Å²) in [6.45, 7) is 1.30. The minimum atomic E-state index is -0.460. The Morgan fingerprint density at radius 1 is 0.955 bits per heavy atom. The molecule has 0 fully saturated rings. The van der Waals surface area contributed by atoms with Gasteiger partial charge in [0.05, 0.1) is 10.0 Å². The van der Waals surface area contributed by atoms with Crippen LogP contribution >= 0.6 is 23.2 Å². The zero-order valence-electron chi connectivity index (χ0n) is 11.5. The van der Waals surface area contributed by atoms with E-state index in [9.17, 15) is 9.59 Å². The van der Waals surface area contributed by atoms with Crippen LogP contribution in [0.4, 0.5) is 16.2 Å². The maximum Gasteiger partial charge on any atom is 0.323 e. The van der Waals surface area contributed by atoms with E-state index in [-0.39, 0.29) is 0 Å². The molecule has 0 heterocycles. The molecular weight excluding hydrogens is 327 g/mol. The number of amides is 2. The van der Waals surface area contributed by atoms with Crippen LogP contribution in [0.2, 0.25) is 10.0 Å². The molecule has 2 aromatic rings. The monoisotopic (exact) mass is 338 g/mol. The third-order valence-corrected chi connectivity index (χ3v) is 3.27. The molecule has 22 heavy (non-hydrogen) atoms. The van der Waals surface area contributed by atoms with Crippen molar-refractivity contribution in [2.45, 2.75) is 6.92 Å². The molecule has 5 nitrogen and oxygen atoms in total. The average molecular weight is 339 g/mol. The van der Waals surface area contributed by atoms with E-state index >= 15 is 0 Å². The Labute approximate surface area is 137 Å². The highest BCUT2D eigenvalue weighted by Crippen LogP contribution is 2.25. The Kier molecular flexibility index (Phi) is 5.25. The Balaban J connectivity index is 2.02. The number of hydrogen-bond donors (Lipinski definition) is 2. The lowest BCUT2D eigenvalue weighted by atomic mass is 10.3. The van der Waals surface area contributed by atoms with Crippen molar-refractivity contribution in [3.05, 3.63) is 52.5 Å². The zero-order chi connectivity index (χ0) is 16.1. The largest absolute Gasteiger partial charge is 0.427 e. The van der Waals surface area contributed by atoms with Crippen LogP contribution in [-0.4, -0.2) is 12.0 Å². The molecule has 7 heteroatoms. The summed E-state index contributed by atoms with van der Waals surface area (Å²) in [6, 6.07) is 10.8. The molecule has 2 amide bonds. The molecule has 0 aliphatic heterocycles. The number of rotatable bonds is 3. The fraction of sp³-hybridized carbons (Fsp3) is 0.0667. The lowest BCUT2D eigenvalue weighted by Gasteiger charge is -2.09. The summed E-state index contributed by atoms with van der Waals surface area (Å²) in [5, 5.41) is 5.99. The first kappa shape index (κ1) is 16.1. The van der Waals surface area contributed by atoms with Crippen molar-refractivity contribution < 1.29 is 14.3 Å². The van der Waals surface area contributed by atoms with Gasteiger partial charge in [-0.2, -0.15) is 0 Å². The first-order valence-electron chi connectivity index (χ1n) is 6.25. The van der Waals surface area contributed by atoms with Gasteiger partial charge in [-0.3, -0.25) is 4.79 Å². The number of esters is 1. The number of hydrogen-bond acceptors (Lipinski definition) is 3. The second-order valence-corrected chi connectivity index (χ2v) is 5.14. The van der Waals surface area contributed by atoms with E-state index < -0.39 is 12.0 Å². The van der Waals surface area contributed by atoms with Gasteiger partial charge < -0.3 is 15.4 Å². The zero-order valence-corrected chi connectivity index (χ0v) is 13.0. The lowest BCUT2D eigenvalue weighted by Crippen LogP contribution is -2.19. The number of anilines is 2. The average Bonchev–Trinajstić information content (AvgIpc) is 2.42. The SMILES string of the molecule is CC(=O)Oc1cccc(NC(=O)Nc2ccc(Cl)c(Cl)c2)c1. The van der Waals surface area contributed by atoms with Gasteiger partial charge in [-0.05, 0) is 30.3 Å². The van der Waals surface area contributed by atoms with Crippen molar-refractivity contribution >= 4 is 46.6 Å². The Morgan fingerprint density at radius 3 is 2.27 bits per heavy atom. The molecule has 0 aliphatic carbocycles. The van der Waals surface area contributed by atoms with Crippen molar-refractivity contribution in [1.29, 1.82) is 0 Å². The van der Waals surface area contributed by atoms with E-state index in [2.05, 4.69) is 10.6 Å². The van der Waals surface area contributed by atoms with Crippen LogP contribution in [0.1, 0.15) is 6.92 Å². The Morgan fingerprint density at radius 2 is 1.64 bits per heavy atom. The third-order valence-electron chi connectivity index (χ3n) is 2.53. The standard InChI is InChI=1S/C15H12Cl2N2O3/c1-9(20)22-12-4-2-3-10(7-12)18-15(21)19-11-5-6-13(16)14(17)8-11/h2-8H,1H3,(H2,18,19,21). The van der Waals surface area contributed by atoms with E-state index in [4.69, 9.17) is 27.9 Å². The van der Waals surface area contributed by atoms with Crippen LogP contribution in [0.5, 0.6) is 5.75 Å². The highest BCUT2D eigenvalue weighted by molar-refractivity contribution is 6.42. The minimum absolute atomic E-state index is 0.344. The molecule has 0 aliphatic rings. The number of benzene rings is 2. The van der Waals surface area contributed by atoms with Gasteiger partial charge >= 0.3 is 12.0 Å². The molecule has 0 spiro atoms. The van der Waals surface area contributed by atoms with Crippen LogP contribution in [0, 0.1) is 0 Å². The smallest absolute Gasteiger partial charge is 0.323 e. The van der Waals surface area contributed by atoms with Crippen molar-refractivity contribution in [2.75, 3.05) is 10.6 Å². The summed E-state index contributed by atoms with van der Waals surface area (Å²) in [4.78, 5) is 22.8. The molecule has 0 bridgehead atoms. The Hall–Kier alpha value is -2.24. The summed E-state index contributed by atoms with van der Waals surface area (Å²) in [5.74, 6) is -0.0859. The fourth-order valence-electron chi connectivity index (χ4n) is 1.67. The van der Waals surface area contributed by atoms with Crippen LogP contribution in [-0.2, 0) is 4.79 Å². The van der Waals surface area contributed by atoms with Crippen LogP contribution in [0.25, 0.3) is 0 Å². The van der Waals surface area contributed by atoms with Crippen LogP contribution < -0.4 is 15.4 Å². The summed E-state index contributed by atoms with van der Waals surface area (Å²) in [6.07, 6.45) is 0. The number of carbonyl (C=O) groups is 2. The fourth-order valence-corrected chi connectivity index (χ4v) is 1.97. The van der Waals surface area contributed by atoms with E-state index in [1.165, 1.54) is 13.0 Å². The van der Waals surface area contributed by atoms with Crippen LogP contribution in [0.3, 0.4) is 0 Å². The number of urea groups is 1. The number of ether oxygens (including phenoxy) is 1. The molecule has 0 unspecified atom stereocenters. The topological polar surface area (TPSA) is 67.4 Å². The highest BCUT2D eigenvalue weighted by Gasteiger charge is 2.06. The molecule has 0 atom stereocenters. The first-order valence-corrected chi connectivity index (χ1v) is 7.01. The molecule has 2 N–H and O–H groups in total. The maximum absolute atomic E-state index is 11.9. The highest BCUT2D eigenvalue weighted by atomic mass is 35.5. The lowest BCUT2D eigenvalue weighted by molar-refractivity contribution is -0.131. The predicted molar refractivity (Wildman–Crippen MR) is 86.9 cm³/mol. The summed E-state index contributed by atoms with van der Waals surface area (Å²) < 4.78 is 4.94. The summed E-state index contributed by atoms with van der Waals surface area (Å²) in [5.41, 5.74) is 0.986. The van der Waals surface area contributed by atoms with Gasteiger partial charge in [-0.25, -0.2) is 4.79 Å². The third kappa shape index (κ3) is 4.65. The molecule has 2 aromatic carbocycles. The molecule has 2 rings (SSSR count). The first-order chi connectivity index (χ1) is 10.4. The Bertz CT molecular complexity index is 720. The second-order valence-electron chi connectivity index (χ2n) is 4.33. The van der Waals surface area contributed by atoms with E-state index in [0.717, 1.165) is 0 Å². The van der Waals surface area contributed by atoms with Gasteiger partial charge in [0.1, 0.15) is 5.75 Å². The van der Waals surface area contributed by atoms with Crippen molar-refractivity contribution in [3.8, 4) is 5.75 Å². The van der Waals surface area contributed by atoms with Crippen molar-refractivity contribution in [3.63, 3.8) is 0 Å². The quantitative estimate of drug-likeness (QED) is 0.636. The molecule has 114 valence electrons. The summed E-state index contributed by atoms with van der Waals surface area (Å²) >= 11 is 11.7. The maximum atomic E-state index is 11.9. The van der Waals surface area contributed by atoms with Gasteiger partial charge in [0.25, 0.3) is 0 Å². The molecule has 0 saturated heterocycles. The summed E-state index contributed by atoms with van der Waals surface area (Å²) in [7, 11) is 0. The number of halogens is 2. The molecular formula is C15H12Cl2N2O3. The van der Waals surface area contributed by atoms with Crippen molar-refractivity contribution in [2.24, 2.45) is 0 Å². The normalized spacial score (nSPS) is 9.95. The number of nitrogens with one attached hydrogen (secondary N) is 2. The molecule has 0 radical (unpaired) electrons. The van der Waals surface area contributed by atoms with E-state index in [1.54, 1.807) is 36.4 Å². The molecule has 0 aromatic heterocycles.